The Hall–Kier alpha value is -1.67. The maximum Gasteiger partial charge on any atom is 0.126 e. The van der Waals surface area contributed by atoms with Gasteiger partial charge in [-0.1, -0.05) is 48.0 Å². The number of nitrogens with one attached hydrogen (secondary N) is 1. The van der Waals surface area contributed by atoms with Crippen LogP contribution in [0.3, 0.4) is 0 Å². The van der Waals surface area contributed by atoms with Crippen molar-refractivity contribution in [2.24, 2.45) is 0 Å². The summed E-state index contributed by atoms with van der Waals surface area (Å²) in [5.74, 6) is -0.0964. The van der Waals surface area contributed by atoms with Gasteiger partial charge >= 0.3 is 0 Å². The van der Waals surface area contributed by atoms with Gasteiger partial charge in [-0.15, -0.1) is 0 Å². The van der Waals surface area contributed by atoms with E-state index in [0.29, 0.717) is 0 Å². The highest BCUT2D eigenvalue weighted by molar-refractivity contribution is 5.35. The molecule has 2 aromatic rings. The highest BCUT2D eigenvalue weighted by atomic mass is 19.1. The van der Waals surface area contributed by atoms with E-state index in [1.165, 1.54) is 11.1 Å². The van der Waals surface area contributed by atoms with Crippen molar-refractivity contribution >= 4 is 0 Å². The van der Waals surface area contributed by atoms with Crippen molar-refractivity contribution in [2.75, 3.05) is 13.1 Å². The lowest BCUT2D eigenvalue weighted by molar-refractivity contribution is 0.272. The highest BCUT2D eigenvalue weighted by Gasteiger charge is 2.39. The lowest BCUT2D eigenvalue weighted by Gasteiger charge is -2.43. The van der Waals surface area contributed by atoms with Crippen molar-refractivity contribution in [3.05, 3.63) is 71.0 Å². The summed E-state index contributed by atoms with van der Waals surface area (Å²) in [4.78, 5) is 0. The quantitative estimate of drug-likeness (QED) is 0.888. The number of hydrogen-bond acceptors (Lipinski definition) is 1. The molecule has 0 spiro atoms. The third-order valence-electron chi connectivity index (χ3n) is 4.08. The van der Waals surface area contributed by atoms with Crippen molar-refractivity contribution in [2.45, 2.75) is 18.8 Å². The van der Waals surface area contributed by atoms with E-state index in [-0.39, 0.29) is 11.2 Å². The van der Waals surface area contributed by atoms with Crippen LogP contribution < -0.4 is 5.32 Å². The topological polar surface area (TPSA) is 12.0 Å². The first-order chi connectivity index (χ1) is 9.20. The fourth-order valence-electron chi connectivity index (χ4n) is 2.77. The summed E-state index contributed by atoms with van der Waals surface area (Å²) in [7, 11) is 0. The monoisotopic (exact) mass is 255 g/mol. The predicted octanol–water partition coefficient (Wildman–Crippen LogP) is 3.22. The van der Waals surface area contributed by atoms with Gasteiger partial charge in [-0.25, -0.2) is 4.39 Å². The number of aryl methyl sites for hydroxylation is 1. The van der Waals surface area contributed by atoms with Gasteiger partial charge in [0.2, 0.25) is 0 Å². The van der Waals surface area contributed by atoms with Crippen LogP contribution in [-0.4, -0.2) is 13.1 Å². The van der Waals surface area contributed by atoms with Gasteiger partial charge in [0.25, 0.3) is 0 Å². The smallest absolute Gasteiger partial charge is 0.126 e. The normalized spacial score (nSPS) is 16.9. The highest BCUT2D eigenvalue weighted by Crippen LogP contribution is 2.33. The van der Waals surface area contributed by atoms with Crippen LogP contribution in [0.4, 0.5) is 4.39 Å². The molecule has 2 aromatic carbocycles. The summed E-state index contributed by atoms with van der Waals surface area (Å²) in [5, 5.41) is 3.33. The molecule has 0 atom stereocenters. The molecular formula is C17H18FN. The fraction of sp³-hybridized carbons (Fsp3) is 0.294. The molecule has 0 amide bonds. The number of hydrogen-bond donors (Lipinski definition) is 1. The van der Waals surface area contributed by atoms with Crippen molar-refractivity contribution in [3.63, 3.8) is 0 Å². The van der Waals surface area contributed by atoms with Gasteiger partial charge < -0.3 is 5.32 Å². The summed E-state index contributed by atoms with van der Waals surface area (Å²) in [5.41, 5.74) is 3.43. The molecule has 1 fully saturated rings. The summed E-state index contributed by atoms with van der Waals surface area (Å²) < 4.78 is 13.8. The van der Waals surface area contributed by atoms with E-state index >= 15 is 0 Å². The Morgan fingerprint density at radius 2 is 1.74 bits per heavy atom. The molecule has 1 N–H and O–H groups in total. The van der Waals surface area contributed by atoms with E-state index in [0.717, 1.165) is 25.1 Å². The zero-order valence-corrected chi connectivity index (χ0v) is 11.1. The van der Waals surface area contributed by atoms with E-state index in [9.17, 15) is 4.39 Å². The van der Waals surface area contributed by atoms with Gasteiger partial charge in [0.05, 0.1) is 0 Å². The second kappa shape index (κ2) is 4.78. The van der Waals surface area contributed by atoms with Gasteiger partial charge in [-0.2, -0.15) is 0 Å². The summed E-state index contributed by atoms with van der Waals surface area (Å²) in [6.07, 6.45) is 0.760. The average molecular weight is 255 g/mol. The van der Waals surface area contributed by atoms with E-state index in [2.05, 4.69) is 36.5 Å². The van der Waals surface area contributed by atoms with Gasteiger partial charge in [0.15, 0.2) is 0 Å². The van der Waals surface area contributed by atoms with Crippen LogP contribution in [-0.2, 0) is 11.8 Å². The van der Waals surface area contributed by atoms with Crippen LogP contribution in [0.1, 0.15) is 16.7 Å². The molecule has 0 aromatic heterocycles. The summed E-state index contributed by atoms with van der Waals surface area (Å²) in [6, 6.07) is 15.7. The molecule has 0 aliphatic carbocycles. The minimum Gasteiger partial charge on any atom is -0.315 e. The molecular weight excluding hydrogens is 237 g/mol. The first kappa shape index (κ1) is 12.4. The van der Waals surface area contributed by atoms with Crippen molar-refractivity contribution in [3.8, 4) is 0 Å². The number of halogens is 1. The molecule has 19 heavy (non-hydrogen) atoms. The molecule has 0 radical (unpaired) electrons. The lowest BCUT2D eigenvalue weighted by Crippen LogP contribution is -2.58. The SMILES string of the molecule is Cc1ccc(C2(Cc3ccccc3F)CNC2)cc1. The van der Waals surface area contributed by atoms with E-state index in [1.807, 2.05) is 12.1 Å². The third-order valence-corrected chi connectivity index (χ3v) is 4.08. The maximum absolute atomic E-state index is 13.8. The van der Waals surface area contributed by atoms with Gasteiger partial charge in [0, 0.05) is 18.5 Å². The summed E-state index contributed by atoms with van der Waals surface area (Å²) >= 11 is 0. The van der Waals surface area contributed by atoms with Crippen LogP contribution in [0.25, 0.3) is 0 Å². The van der Waals surface area contributed by atoms with Crippen LogP contribution in [0.15, 0.2) is 48.5 Å². The minimum absolute atomic E-state index is 0.0515. The maximum atomic E-state index is 13.8. The Labute approximate surface area is 113 Å². The van der Waals surface area contributed by atoms with Crippen LogP contribution in [0.5, 0.6) is 0 Å². The molecule has 0 unspecified atom stereocenters. The van der Waals surface area contributed by atoms with Gasteiger partial charge in [-0.3, -0.25) is 0 Å². The molecule has 1 saturated heterocycles. The molecule has 0 bridgehead atoms. The van der Waals surface area contributed by atoms with E-state index < -0.39 is 0 Å². The Bertz CT molecular complexity index is 570. The van der Waals surface area contributed by atoms with Crippen molar-refractivity contribution in [1.82, 2.24) is 5.32 Å². The van der Waals surface area contributed by atoms with Gasteiger partial charge in [0.1, 0.15) is 5.82 Å². The zero-order valence-electron chi connectivity index (χ0n) is 11.1. The lowest BCUT2D eigenvalue weighted by atomic mass is 9.71. The van der Waals surface area contributed by atoms with Crippen LogP contribution in [0, 0.1) is 12.7 Å². The Morgan fingerprint density at radius 1 is 1.05 bits per heavy atom. The number of benzene rings is 2. The standard InChI is InChI=1S/C17H18FN/c1-13-6-8-15(9-7-13)17(11-19-12-17)10-14-4-2-3-5-16(14)18/h2-9,19H,10-12H2,1H3. The largest absolute Gasteiger partial charge is 0.315 e. The van der Waals surface area contributed by atoms with Crippen LogP contribution >= 0.6 is 0 Å². The number of rotatable bonds is 3. The molecule has 1 aliphatic heterocycles. The van der Waals surface area contributed by atoms with Crippen LogP contribution in [0.2, 0.25) is 0 Å². The molecule has 3 rings (SSSR count). The summed E-state index contributed by atoms with van der Waals surface area (Å²) in [6.45, 7) is 3.93. The minimum atomic E-state index is -0.0964. The van der Waals surface area contributed by atoms with Gasteiger partial charge in [-0.05, 0) is 30.5 Å². The van der Waals surface area contributed by atoms with E-state index in [4.69, 9.17) is 0 Å². The van der Waals surface area contributed by atoms with Crippen molar-refractivity contribution < 1.29 is 4.39 Å². The first-order valence-corrected chi connectivity index (χ1v) is 6.71. The molecule has 1 nitrogen and oxygen atoms in total. The van der Waals surface area contributed by atoms with E-state index in [1.54, 1.807) is 12.1 Å². The molecule has 1 heterocycles. The first-order valence-electron chi connectivity index (χ1n) is 6.71. The Balaban J connectivity index is 1.92. The van der Waals surface area contributed by atoms with Crippen molar-refractivity contribution in [1.29, 1.82) is 0 Å². The second-order valence-electron chi connectivity index (χ2n) is 5.52. The molecule has 2 heteroatoms. The third kappa shape index (κ3) is 2.28. The average Bonchev–Trinajstić information content (AvgIpc) is 2.37. The molecule has 0 saturated carbocycles. The molecule has 1 aliphatic rings. The fourth-order valence-corrected chi connectivity index (χ4v) is 2.77. The Kier molecular flexibility index (Phi) is 3.11. The second-order valence-corrected chi connectivity index (χ2v) is 5.52. The predicted molar refractivity (Wildman–Crippen MR) is 75.8 cm³/mol. The Morgan fingerprint density at radius 3 is 2.32 bits per heavy atom. The molecule has 98 valence electrons. The zero-order chi connectivity index (χ0) is 13.3.